The first kappa shape index (κ1) is 19.0. The minimum absolute atomic E-state index is 0.483. The Balaban J connectivity index is 1.41. The van der Waals surface area contributed by atoms with Crippen LogP contribution in [0, 0.1) is 12.8 Å². The highest BCUT2D eigenvalue weighted by molar-refractivity contribution is 5.80. The van der Waals surface area contributed by atoms with Crippen molar-refractivity contribution in [3.05, 3.63) is 23.9 Å². The smallest absolute Gasteiger partial charge is 0.191 e. The summed E-state index contributed by atoms with van der Waals surface area (Å²) in [5, 5.41) is 7.16. The van der Waals surface area contributed by atoms with Crippen LogP contribution in [-0.4, -0.2) is 68.7 Å². The van der Waals surface area contributed by atoms with E-state index >= 15 is 0 Å². The molecule has 2 aliphatic heterocycles. The van der Waals surface area contributed by atoms with E-state index in [1.54, 1.807) is 0 Å². The number of anilines is 1. The first-order valence-corrected chi connectivity index (χ1v) is 9.97. The minimum Gasteiger partial charge on any atom is -0.356 e. The second-order valence-corrected chi connectivity index (χ2v) is 7.82. The van der Waals surface area contributed by atoms with Gasteiger partial charge in [0.1, 0.15) is 5.82 Å². The predicted octanol–water partition coefficient (Wildman–Crippen LogP) is 1.87. The van der Waals surface area contributed by atoms with Gasteiger partial charge in [0.15, 0.2) is 5.96 Å². The molecule has 2 N–H and O–H groups in total. The summed E-state index contributed by atoms with van der Waals surface area (Å²) in [6.07, 6.45) is 6.80. The number of nitrogens with zero attached hydrogens (tertiary/aromatic N) is 4. The number of piperidine rings is 2. The average Bonchev–Trinajstić information content (AvgIpc) is 2.66. The summed E-state index contributed by atoms with van der Waals surface area (Å²) in [6.45, 7) is 7.59. The molecular formula is C20H34N6. The summed E-state index contributed by atoms with van der Waals surface area (Å²) in [5.74, 6) is 2.77. The zero-order chi connectivity index (χ0) is 18.4. The standard InChI is InChI=1S/C20H34N6/c1-16-6-7-19(22-13-16)26-11-8-18(9-12-26)24-20(21-2)23-14-17-5-4-10-25(3)15-17/h6-7,13,17-18H,4-5,8-12,14-15H2,1-3H3,(H2,21,23,24). The van der Waals surface area contributed by atoms with E-state index in [1.165, 1.54) is 31.5 Å². The van der Waals surface area contributed by atoms with Crippen LogP contribution in [0.15, 0.2) is 23.3 Å². The third-order valence-corrected chi connectivity index (χ3v) is 5.56. The lowest BCUT2D eigenvalue weighted by atomic mass is 9.98. The fraction of sp³-hybridized carbons (Fsp3) is 0.700. The maximum Gasteiger partial charge on any atom is 0.191 e. The maximum atomic E-state index is 4.56. The van der Waals surface area contributed by atoms with Crippen LogP contribution in [0.25, 0.3) is 0 Å². The van der Waals surface area contributed by atoms with Crippen molar-refractivity contribution in [3.8, 4) is 0 Å². The normalized spacial score (nSPS) is 23.1. The number of aromatic nitrogens is 1. The molecule has 1 aromatic rings. The zero-order valence-electron chi connectivity index (χ0n) is 16.5. The Kier molecular flexibility index (Phi) is 6.72. The SMILES string of the molecule is CN=C(NCC1CCCN(C)C1)NC1CCN(c2ccc(C)cn2)CC1. The molecule has 2 fully saturated rings. The molecular weight excluding hydrogens is 324 g/mol. The maximum absolute atomic E-state index is 4.56. The molecule has 0 spiro atoms. The van der Waals surface area contributed by atoms with E-state index in [2.05, 4.69) is 56.5 Å². The number of aliphatic imine (C=N–C) groups is 1. The molecule has 1 aromatic heterocycles. The van der Waals surface area contributed by atoms with Crippen LogP contribution in [0.1, 0.15) is 31.2 Å². The molecule has 0 amide bonds. The lowest BCUT2D eigenvalue weighted by molar-refractivity contribution is 0.210. The second kappa shape index (κ2) is 9.21. The molecule has 0 bridgehead atoms. The van der Waals surface area contributed by atoms with Crippen LogP contribution in [0.5, 0.6) is 0 Å². The molecule has 1 unspecified atom stereocenters. The van der Waals surface area contributed by atoms with Gasteiger partial charge >= 0.3 is 0 Å². The first-order valence-electron chi connectivity index (χ1n) is 9.97. The molecule has 2 saturated heterocycles. The third-order valence-electron chi connectivity index (χ3n) is 5.56. The monoisotopic (exact) mass is 358 g/mol. The van der Waals surface area contributed by atoms with Crippen LogP contribution in [-0.2, 0) is 0 Å². The Morgan fingerprint density at radius 2 is 2.04 bits per heavy atom. The van der Waals surface area contributed by atoms with E-state index in [0.717, 1.165) is 50.2 Å². The first-order chi connectivity index (χ1) is 12.6. The van der Waals surface area contributed by atoms with Gasteiger partial charge in [0, 0.05) is 45.5 Å². The van der Waals surface area contributed by atoms with Crippen LogP contribution in [0.2, 0.25) is 0 Å². The molecule has 0 saturated carbocycles. The summed E-state index contributed by atoms with van der Waals surface area (Å²) >= 11 is 0. The van der Waals surface area contributed by atoms with E-state index in [1.807, 2.05) is 13.2 Å². The van der Waals surface area contributed by atoms with Crippen molar-refractivity contribution in [2.75, 3.05) is 51.7 Å². The fourth-order valence-electron chi connectivity index (χ4n) is 3.97. The van der Waals surface area contributed by atoms with Crippen molar-refractivity contribution < 1.29 is 0 Å². The Hall–Kier alpha value is -1.82. The van der Waals surface area contributed by atoms with E-state index in [4.69, 9.17) is 0 Å². The fourth-order valence-corrected chi connectivity index (χ4v) is 3.97. The summed E-state index contributed by atoms with van der Waals surface area (Å²) in [6, 6.07) is 4.75. The molecule has 3 rings (SSSR count). The van der Waals surface area contributed by atoms with Crippen molar-refractivity contribution in [3.63, 3.8) is 0 Å². The quantitative estimate of drug-likeness (QED) is 0.636. The topological polar surface area (TPSA) is 55.8 Å². The van der Waals surface area contributed by atoms with Gasteiger partial charge in [-0.2, -0.15) is 0 Å². The molecule has 0 radical (unpaired) electrons. The van der Waals surface area contributed by atoms with Crippen LogP contribution in [0.3, 0.4) is 0 Å². The van der Waals surface area contributed by atoms with Crippen molar-refractivity contribution >= 4 is 11.8 Å². The zero-order valence-corrected chi connectivity index (χ0v) is 16.5. The number of rotatable bonds is 4. The van der Waals surface area contributed by atoms with Crippen molar-refractivity contribution in [2.24, 2.45) is 10.9 Å². The molecule has 0 aromatic carbocycles. The van der Waals surface area contributed by atoms with E-state index in [9.17, 15) is 0 Å². The Labute approximate surface area is 158 Å². The van der Waals surface area contributed by atoms with Gasteiger partial charge < -0.3 is 20.4 Å². The summed E-state index contributed by atoms with van der Waals surface area (Å²) < 4.78 is 0. The van der Waals surface area contributed by atoms with Gasteiger partial charge in [0.2, 0.25) is 0 Å². The van der Waals surface area contributed by atoms with Crippen LogP contribution in [0.4, 0.5) is 5.82 Å². The number of pyridine rings is 1. The average molecular weight is 359 g/mol. The number of guanidine groups is 1. The van der Waals surface area contributed by atoms with Gasteiger partial charge in [-0.25, -0.2) is 4.98 Å². The summed E-state index contributed by atoms with van der Waals surface area (Å²) in [7, 11) is 4.09. The lowest BCUT2D eigenvalue weighted by Gasteiger charge is -2.34. The highest BCUT2D eigenvalue weighted by atomic mass is 15.2. The largest absolute Gasteiger partial charge is 0.356 e. The molecule has 26 heavy (non-hydrogen) atoms. The van der Waals surface area contributed by atoms with Gasteiger partial charge in [0.25, 0.3) is 0 Å². The Morgan fingerprint density at radius 3 is 2.69 bits per heavy atom. The van der Waals surface area contributed by atoms with Crippen molar-refractivity contribution in [1.82, 2.24) is 20.5 Å². The molecule has 1 atom stereocenters. The van der Waals surface area contributed by atoms with Gasteiger partial charge in [-0.15, -0.1) is 0 Å². The number of aryl methyl sites for hydroxylation is 1. The summed E-state index contributed by atoms with van der Waals surface area (Å²) in [4.78, 5) is 13.8. The second-order valence-electron chi connectivity index (χ2n) is 7.82. The van der Waals surface area contributed by atoms with E-state index in [-0.39, 0.29) is 0 Å². The van der Waals surface area contributed by atoms with Crippen LogP contribution >= 0.6 is 0 Å². The summed E-state index contributed by atoms with van der Waals surface area (Å²) in [5.41, 5.74) is 1.21. The van der Waals surface area contributed by atoms with Crippen molar-refractivity contribution in [1.29, 1.82) is 0 Å². The molecule has 2 aliphatic rings. The predicted molar refractivity (Wildman–Crippen MR) is 109 cm³/mol. The molecule has 6 nitrogen and oxygen atoms in total. The minimum atomic E-state index is 0.483. The Bertz CT molecular complexity index is 576. The van der Waals surface area contributed by atoms with Gasteiger partial charge in [-0.1, -0.05) is 6.07 Å². The molecule has 0 aliphatic carbocycles. The van der Waals surface area contributed by atoms with E-state index < -0.39 is 0 Å². The lowest BCUT2D eigenvalue weighted by Crippen LogP contribution is -2.50. The van der Waals surface area contributed by atoms with Crippen molar-refractivity contribution in [2.45, 2.75) is 38.6 Å². The number of likely N-dealkylation sites (tertiary alicyclic amines) is 1. The van der Waals surface area contributed by atoms with Gasteiger partial charge in [0.05, 0.1) is 0 Å². The molecule has 6 heteroatoms. The van der Waals surface area contributed by atoms with Gasteiger partial charge in [-0.05, 0) is 63.7 Å². The number of nitrogens with one attached hydrogen (secondary N) is 2. The highest BCUT2D eigenvalue weighted by Crippen LogP contribution is 2.18. The number of hydrogen-bond acceptors (Lipinski definition) is 4. The highest BCUT2D eigenvalue weighted by Gasteiger charge is 2.22. The number of hydrogen-bond donors (Lipinski definition) is 2. The van der Waals surface area contributed by atoms with Crippen LogP contribution < -0.4 is 15.5 Å². The van der Waals surface area contributed by atoms with Gasteiger partial charge in [-0.3, -0.25) is 4.99 Å². The Morgan fingerprint density at radius 1 is 1.23 bits per heavy atom. The molecule has 144 valence electrons. The molecule has 3 heterocycles. The van der Waals surface area contributed by atoms with E-state index in [0.29, 0.717) is 6.04 Å². The third kappa shape index (κ3) is 5.34.